The van der Waals surface area contributed by atoms with Crippen LogP contribution < -0.4 is 10.9 Å². The molecule has 0 spiro atoms. The normalized spacial score (nSPS) is 14.2. The average Bonchev–Trinajstić information content (AvgIpc) is 2.82. The van der Waals surface area contributed by atoms with Crippen LogP contribution in [-0.4, -0.2) is 16.5 Å². The fourth-order valence-corrected chi connectivity index (χ4v) is 1.88. The van der Waals surface area contributed by atoms with Gasteiger partial charge in [0.25, 0.3) is 5.56 Å². The lowest BCUT2D eigenvalue weighted by molar-refractivity contribution is 0.576. The number of rotatable bonds is 1. The van der Waals surface area contributed by atoms with Crippen LogP contribution in [0.25, 0.3) is 11.6 Å². The van der Waals surface area contributed by atoms with E-state index in [0.717, 1.165) is 24.9 Å². The van der Waals surface area contributed by atoms with E-state index in [-0.39, 0.29) is 5.56 Å². The molecule has 3 rings (SSSR count). The van der Waals surface area contributed by atoms with Gasteiger partial charge >= 0.3 is 0 Å². The number of fused-ring (bicyclic) bond motifs is 1. The highest BCUT2D eigenvalue weighted by atomic mass is 16.3. The Morgan fingerprint density at radius 2 is 2.38 bits per heavy atom. The Morgan fingerprint density at radius 3 is 3.19 bits per heavy atom. The summed E-state index contributed by atoms with van der Waals surface area (Å²) in [6, 6.07) is 3.54. The monoisotopic (exact) mass is 217 g/mol. The zero-order valence-electron chi connectivity index (χ0n) is 8.62. The number of hydrogen-bond acceptors (Lipinski definition) is 4. The third kappa shape index (κ3) is 1.41. The largest absolute Gasteiger partial charge is 0.461 e. The number of H-pyrrole nitrogens is 1. The van der Waals surface area contributed by atoms with Crippen molar-refractivity contribution in [3.8, 4) is 11.6 Å². The fraction of sp³-hybridized carbons (Fsp3) is 0.273. The number of aromatic nitrogens is 2. The molecule has 3 heterocycles. The summed E-state index contributed by atoms with van der Waals surface area (Å²) in [5, 5.41) is 3.13. The third-order valence-electron chi connectivity index (χ3n) is 2.67. The molecule has 5 nitrogen and oxygen atoms in total. The van der Waals surface area contributed by atoms with Crippen LogP contribution in [0, 0.1) is 0 Å². The predicted molar refractivity (Wildman–Crippen MR) is 59.4 cm³/mol. The Labute approximate surface area is 91.5 Å². The van der Waals surface area contributed by atoms with E-state index in [4.69, 9.17) is 4.42 Å². The van der Waals surface area contributed by atoms with Crippen molar-refractivity contribution < 1.29 is 4.42 Å². The molecule has 1 aliphatic rings. The van der Waals surface area contributed by atoms with Crippen molar-refractivity contribution in [2.75, 3.05) is 11.9 Å². The molecule has 0 fully saturated rings. The van der Waals surface area contributed by atoms with Crippen LogP contribution in [0.1, 0.15) is 12.0 Å². The van der Waals surface area contributed by atoms with E-state index in [1.165, 1.54) is 0 Å². The Bertz CT molecular complexity index is 557. The van der Waals surface area contributed by atoms with E-state index in [9.17, 15) is 4.79 Å². The topological polar surface area (TPSA) is 70.9 Å². The van der Waals surface area contributed by atoms with Crippen LogP contribution in [0.15, 0.2) is 27.6 Å². The van der Waals surface area contributed by atoms with Crippen molar-refractivity contribution in [3.05, 3.63) is 34.3 Å². The second-order valence-electron chi connectivity index (χ2n) is 3.75. The molecule has 82 valence electrons. The number of anilines is 1. The molecule has 0 saturated carbocycles. The van der Waals surface area contributed by atoms with Crippen LogP contribution in [0.2, 0.25) is 0 Å². The van der Waals surface area contributed by atoms with Gasteiger partial charge < -0.3 is 14.7 Å². The van der Waals surface area contributed by atoms with Gasteiger partial charge in [0.2, 0.25) is 0 Å². The second kappa shape index (κ2) is 3.52. The summed E-state index contributed by atoms with van der Waals surface area (Å²) in [6.45, 7) is 0.862. The lowest BCUT2D eigenvalue weighted by Gasteiger charge is -2.15. The highest BCUT2D eigenvalue weighted by Crippen LogP contribution is 2.20. The molecule has 1 aliphatic heterocycles. The first-order chi connectivity index (χ1) is 7.84. The SMILES string of the molecule is O=c1[nH]c(-c2ccco2)nc2c1CCCN2. The van der Waals surface area contributed by atoms with E-state index in [2.05, 4.69) is 15.3 Å². The number of nitrogens with zero attached hydrogens (tertiary/aromatic N) is 1. The lowest BCUT2D eigenvalue weighted by Crippen LogP contribution is -2.24. The standard InChI is InChI=1S/C11H11N3O2/c15-11-7-3-1-5-12-9(7)13-10(14-11)8-4-2-6-16-8/h2,4,6H,1,3,5H2,(H2,12,13,14,15). The van der Waals surface area contributed by atoms with Crippen molar-refractivity contribution in [1.29, 1.82) is 0 Å². The zero-order chi connectivity index (χ0) is 11.0. The maximum absolute atomic E-state index is 11.8. The van der Waals surface area contributed by atoms with Gasteiger partial charge in [-0.3, -0.25) is 4.79 Å². The van der Waals surface area contributed by atoms with Crippen LogP contribution in [0.5, 0.6) is 0 Å². The molecule has 0 aromatic carbocycles. The summed E-state index contributed by atoms with van der Waals surface area (Å²) in [5.41, 5.74) is 0.658. The first-order valence-corrected chi connectivity index (χ1v) is 5.25. The van der Waals surface area contributed by atoms with Gasteiger partial charge in [-0.2, -0.15) is 0 Å². The lowest BCUT2D eigenvalue weighted by atomic mass is 10.1. The van der Waals surface area contributed by atoms with Gasteiger partial charge in [0.15, 0.2) is 11.6 Å². The van der Waals surface area contributed by atoms with Gasteiger partial charge in [0.1, 0.15) is 5.82 Å². The molecule has 2 aromatic rings. The Kier molecular flexibility index (Phi) is 2.02. The van der Waals surface area contributed by atoms with Gasteiger partial charge in [0, 0.05) is 6.54 Å². The molecular formula is C11H11N3O2. The van der Waals surface area contributed by atoms with Gasteiger partial charge in [-0.15, -0.1) is 0 Å². The van der Waals surface area contributed by atoms with Crippen molar-refractivity contribution in [2.45, 2.75) is 12.8 Å². The highest BCUT2D eigenvalue weighted by Gasteiger charge is 2.16. The molecule has 0 saturated heterocycles. The zero-order valence-corrected chi connectivity index (χ0v) is 8.62. The van der Waals surface area contributed by atoms with Crippen molar-refractivity contribution in [3.63, 3.8) is 0 Å². The minimum atomic E-state index is -0.0800. The highest BCUT2D eigenvalue weighted by molar-refractivity contribution is 5.54. The van der Waals surface area contributed by atoms with Crippen LogP contribution in [-0.2, 0) is 6.42 Å². The Hall–Kier alpha value is -2.04. The predicted octanol–water partition coefficient (Wildman–Crippen LogP) is 1.39. The molecular weight excluding hydrogens is 206 g/mol. The molecule has 0 amide bonds. The third-order valence-corrected chi connectivity index (χ3v) is 2.67. The van der Waals surface area contributed by atoms with Gasteiger partial charge in [-0.1, -0.05) is 0 Å². The van der Waals surface area contributed by atoms with Gasteiger partial charge in [-0.05, 0) is 25.0 Å². The average molecular weight is 217 g/mol. The first-order valence-electron chi connectivity index (χ1n) is 5.25. The smallest absolute Gasteiger partial charge is 0.256 e. The summed E-state index contributed by atoms with van der Waals surface area (Å²) in [7, 11) is 0. The molecule has 0 radical (unpaired) electrons. The number of nitrogens with one attached hydrogen (secondary N) is 2. The maximum atomic E-state index is 11.8. The minimum absolute atomic E-state index is 0.0800. The molecule has 2 N–H and O–H groups in total. The molecule has 16 heavy (non-hydrogen) atoms. The fourth-order valence-electron chi connectivity index (χ4n) is 1.88. The molecule has 5 heteroatoms. The van der Waals surface area contributed by atoms with E-state index in [0.29, 0.717) is 17.4 Å². The van der Waals surface area contributed by atoms with Crippen LogP contribution >= 0.6 is 0 Å². The van der Waals surface area contributed by atoms with E-state index in [1.807, 2.05) is 0 Å². The van der Waals surface area contributed by atoms with E-state index in [1.54, 1.807) is 18.4 Å². The summed E-state index contributed by atoms with van der Waals surface area (Å²) >= 11 is 0. The maximum Gasteiger partial charge on any atom is 0.256 e. The molecule has 0 aliphatic carbocycles. The summed E-state index contributed by atoms with van der Waals surface area (Å²) in [6.07, 6.45) is 3.31. The van der Waals surface area contributed by atoms with Gasteiger partial charge in [-0.25, -0.2) is 4.98 Å². The van der Waals surface area contributed by atoms with E-state index < -0.39 is 0 Å². The minimum Gasteiger partial charge on any atom is -0.461 e. The van der Waals surface area contributed by atoms with Crippen LogP contribution in [0.3, 0.4) is 0 Å². The summed E-state index contributed by atoms with van der Waals surface area (Å²) < 4.78 is 5.21. The summed E-state index contributed by atoms with van der Waals surface area (Å²) in [4.78, 5) is 18.9. The molecule has 0 unspecified atom stereocenters. The van der Waals surface area contributed by atoms with Crippen molar-refractivity contribution >= 4 is 5.82 Å². The number of aromatic amines is 1. The van der Waals surface area contributed by atoms with Crippen LogP contribution in [0.4, 0.5) is 5.82 Å². The second-order valence-corrected chi connectivity index (χ2v) is 3.75. The summed E-state index contributed by atoms with van der Waals surface area (Å²) in [5.74, 6) is 1.73. The molecule has 2 aromatic heterocycles. The number of furan rings is 1. The number of hydrogen-bond donors (Lipinski definition) is 2. The Morgan fingerprint density at radius 1 is 1.44 bits per heavy atom. The quantitative estimate of drug-likeness (QED) is 0.757. The van der Waals surface area contributed by atoms with E-state index >= 15 is 0 Å². The first kappa shape index (κ1) is 9.21. The van der Waals surface area contributed by atoms with Crippen molar-refractivity contribution in [1.82, 2.24) is 9.97 Å². The molecule has 0 atom stereocenters. The Balaban J connectivity index is 2.16. The van der Waals surface area contributed by atoms with Crippen molar-refractivity contribution in [2.24, 2.45) is 0 Å². The van der Waals surface area contributed by atoms with Gasteiger partial charge in [0.05, 0.1) is 11.8 Å². The molecule has 0 bridgehead atoms.